The maximum absolute atomic E-state index is 12.9. The summed E-state index contributed by atoms with van der Waals surface area (Å²) in [5.74, 6) is 0.242. The van der Waals surface area contributed by atoms with E-state index in [0.717, 1.165) is 5.75 Å². The van der Waals surface area contributed by atoms with Crippen molar-refractivity contribution < 1.29 is 9.18 Å². The molecule has 0 saturated heterocycles. The molecular weight excluding hydrogens is 239 g/mol. The fourth-order valence-electron chi connectivity index (χ4n) is 1.47. The SMILES string of the molecule is CSCC(C)N(C)C(=O)c1ccc(F)cc1N. The summed E-state index contributed by atoms with van der Waals surface area (Å²) in [5, 5.41) is 0. The van der Waals surface area contributed by atoms with Crippen LogP contribution in [0.4, 0.5) is 10.1 Å². The lowest BCUT2D eigenvalue weighted by atomic mass is 10.1. The van der Waals surface area contributed by atoms with Gasteiger partial charge in [-0.25, -0.2) is 4.39 Å². The van der Waals surface area contributed by atoms with Gasteiger partial charge in [0.25, 0.3) is 5.91 Å². The minimum absolute atomic E-state index is 0.113. The summed E-state index contributed by atoms with van der Waals surface area (Å²) >= 11 is 1.67. The molecule has 5 heteroatoms. The van der Waals surface area contributed by atoms with E-state index in [2.05, 4.69) is 0 Å². The van der Waals surface area contributed by atoms with Gasteiger partial charge in [-0.3, -0.25) is 4.79 Å². The molecule has 0 heterocycles. The van der Waals surface area contributed by atoms with Gasteiger partial charge in [-0.1, -0.05) is 0 Å². The number of anilines is 1. The van der Waals surface area contributed by atoms with Crippen LogP contribution in [0.2, 0.25) is 0 Å². The molecule has 0 radical (unpaired) electrons. The predicted octanol–water partition coefficient (Wildman–Crippen LogP) is 2.23. The third-order valence-electron chi connectivity index (χ3n) is 2.63. The van der Waals surface area contributed by atoms with Crippen molar-refractivity contribution >= 4 is 23.4 Å². The van der Waals surface area contributed by atoms with Crippen molar-refractivity contribution in [2.45, 2.75) is 13.0 Å². The normalized spacial score (nSPS) is 12.2. The topological polar surface area (TPSA) is 46.3 Å². The number of amides is 1. The van der Waals surface area contributed by atoms with Crippen LogP contribution >= 0.6 is 11.8 Å². The Kier molecular flexibility index (Phi) is 4.81. The van der Waals surface area contributed by atoms with Crippen molar-refractivity contribution in [3.05, 3.63) is 29.6 Å². The van der Waals surface area contributed by atoms with Crippen molar-refractivity contribution in [3.63, 3.8) is 0 Å². The first-order chi connectivity index (χ1) is 7.97. The first kappa shape index (κ1) is 13.8. The summed E-state index contributed by atoms with van der Waals surface area (Å²) in [7, 11) is 1.73. The lowest BCUT2D eigenvalue weighted by Gasteiger charge is -2.24. The smallest absolute Gasteiger partial charge is 0.255 e. The van der Waals surface area contributed by atoms with Crippen molar-refractivity contribution in [2.75, 3.05) is 24.8 Å². The van der Waals surface area contributed by atoms with E-state index >= 15 is 0 Å². The standard InChI is InChI=1S/C12H17FN2OS/c1-8(7-17-3)15(2)12(16)10-5-4-9(13)6-11(10)14/h4-6,8H,7,14H2,1-3H3. The number of nitrogen functional groups attached to an aromatic ring is 1. The number of nitrogens with zero attached hydrogens (tertiary/aromatic N) is 1. The first-order valence-corrected chi connectivity index (χ1v) is 6.68. The molecule has 0 aromatic heterocycles. The molecule has 0 saturated carbocycles. The molecule has 0 aliphatic carbocycles. The Morgan fingerprint density at radius 3 is 2.76 bits per heavy atom. The number of benzene rings is 1. The molecule has 17 heavy (non-hydrogen) atoms. The van der Waals surface area contributed by atoms with Crippen LogP contribution in [-0.4, -0.2) is 35.9 Å². The van der Waals surface area contributed by atoms with E-state index in [1.54, 1.807) is 23.7 Å². The predicted molar refractivity (Wildman–Crippen MR) is 70.7 cm³/mol. The minimum Gasteiger partial charge on any atom is -0.398 e. The van der Waals surface area contributed by atoms with Crippen LogP contribution < -0.4 is 5.73 Å². The van der Waals surface area contributed by atoms with E-state index in [9.17, 15) is 9.18 Å². The average molecular weight is 256 g/mol. The lowest BCUT2D eigenvalue weighted by Crippen LogP contribution is -2.36. The molecule has 0 aliphatic heterocycles. The van der Waals surface area contributed by atoms with Crippen molar-refractivity contribution in [1.29, 1.82) is 0 Å². The Bertz CT molecular complexity index is 411. The highest BCUT2D eigenvalue weighted by atomic mass is 32.2. The Labute approximate surface area is 105 Å². The average Bonchev–Trinajstić information content (AvgIpc) is 2.27. The van der Waals surface area contributed by atoms with Gasteiger partial charge in [-0.05, 0) is 31.4 Å². The molecule has 1 unspecified atom stereocenters. The first-order valence-electron chi connectivity index (χ1n) is 5.28. The van der Waals surface area contributed by atoms with Crippen LogP contribution in [0.5, 0.6) is 0 Å². The number of rotatable bonds is 4. The van der Waals surface area contributed by atoms with Crippen LogP contribution in [-0.2, 0) is 0 Å². The van der Waals surface area contributed by atoms with Gasteiger partial charge < -0.3 is 10.6 Å². The molecule has 0 spiro atoms. The summed E-state index contributed by atoms with van der Waals surface area (Å²) in [6.07, 6.45) is 1.99. The number of nitrogens with two attached hydrogens (primary N) is 1. The summed E-state index contributed by atoms with van der Waals surface area (Å²) in [4.78, 5) is 13.7. The zero-order chi connectivity index (χ0) is 13.0. The fourth-order valence-corrected chi connectivity index (χ4v) is 2.18. The van der Waals surface area contributed by atoms with Crippen molar-refractivity contribution in [3.8, 4) is 0 Å². The van der Waals surface area contributed by atoms with Crippen LogP contribution in [0.25, 0.3) is 0 Å². The molecule has 1 amide bonds. The van der Waals surface area contributed by atoms with Crippen molar-refractivity contribution in [1.82, 2.24) is 4.90 Å². The van der Waals surface area contributed by atoms with Crippen LogP contribution in [0.1, 0.15) is 17.3 Å². The second kappa shape index (κ2) is 5.91. The second-order valence-corrected chi connectivity index (χ2v) is 4.86. The maximum atomic E-state index is 12.9. The number of carbonyl (C=O) groups is 1. The molecule has 1 aromatic rings. The highest BCUT2D eigenvalue weighted by Crippen LogP contribution is 2.17. The minimum atomic E-state index is -0.432. The van der Waals surface area contributed by atoms with Gasteiger partial charge in [0.2, 0.25) is 0 Å². The number of thioether (sulfide) groups is 1. The molecule has 0 bridgehead atoms. The van der Waals surface area contributed by atoms with E-state index < -0.39 is 5.82 Å². The van der Waals surface area contributed by atoms with Gasteiger partial charge in [0.15, 0.2) is 0 Å². The number of halogens is 1. The molecule has 0 fully saturated rings. The zero-order valence-electron chi connectivity index (χ0n) is 10.2. The highest BCUT2D eigenvalue weighted by Gasteiger charge is 2.19. The quantitative estimate of drug-likeness (QED) is 0.840. The van der Waals surface area contributed by atoms with Crippen LogP contribution in [0.15, 0.2) is 18.2 Å². The Morgan fingerprint density at radius 1 is 1.59 bits per heavy atom. The number of carbonyl (C=O) groups excluding carboxylic acids is 1. The Morgan fingerprint density at radius 2 is 2.24 bits per heavy atom. The summed E-state index contributed by atoms with van der Waals surface area (Å²) in [5.41, 5.74) is 6.17. The summed E-state index contributed by atoms with van der Waals surface area (Å²) in [6.45, 7) is 1.97. The van der Waals surface area contributed by atoms with Crippen LogP contribution in [0, 0.1) is 5.82 Å². The molecule has 94 valence electrons. The monoisotopic (exact) mass is 256 g/mol. The zero-order valence-corrected chi connectivity index (χ0v) is 11.1. The van der Waals surface area contributed by atoms with Gasteiger partial charge in [-0.2, -0.15) is 11.8 Å². The third kappa shape index (κ3) is 3.36. The van der Waals surface area contributed by atoms with Gasteiger partial charge in [0, 0.05) is 24.5 Å². The fraction of sp³-hybridized carbons (Fsp3) is 0.417. The van der Waals surface area contributed by atoms with Gasteiger partial charge in [0.1, 0.15) is 5.82 Å². The summed E-state index contributed by atoms with van der Waals surface area (Å²) in [6, 6.07) is 3.95. The van der Waals surface area contributed by atoms with Gasteiger partial charge >= 0.3 is 0 Å². The molecule has 2 N–H and O–H groups in total. The number of hydrogen-bond donors (Lipinski definition) is 1. The van der Waals surface area contributed by atoms with E-state index in [-0.39, 0.29) is 17.6 Å². The molecule has 1 aromatic carbocycles. The Hall–Kier alpha value is -1.23. The van der Waals surface area contributed by atoms with E-state index in [0.29, 0.717) is 5.56 Å². The van der Waals surface area contributed by atoms with Gasteiger partial charge in [0.05, 0.1) is 5.56 Å². The second-order valence-electron chi connectivity index (χ2n) is 3.95. The number of hydrogen-bond acceptors (Lipinski definition) is 3. The largest absolute Gasteiger partial charge is 0.398 e. The van der Waals surface area contributed by atoms with Crippen molar-refractivity contribution in [2.24, 2.45) is 0 Å². The summed E-state index contributed by atoms with van der Waals surface area (Å²) < 4.78 is 12.9. The highest BCUT2D eigenvalue weighted by molar-refractivity contribution is 7.98. The molecular formula is C12H17FN2OS. The lowest BCUT2D eigenvalue weighted by molar-refractivity contribution is 0.0758. The maximum Gasteiger partial charge on any atom is 0.255 e. The Balaban J connectivity index is 2.88. The molecule has 3 nitrogen and oxygen atoms in total. The van der Waals surface area contributed by atoms with Crippen LogP contribution in [0.3, 0.4) is 0 Å². The molecule has 1 atom stereocenters. The van der Waals surface area contributed by atoms with E-state index in [1.165, 1.54) is 18.2 Å². The van der Waals surface area contributed by atoms with E-state index in [1.807, 2.05) is 13.2 Å². The van der Waals surface area contributed by atoms with Gasteiger partial charge in [-0.15, -0.1) is 0 Å². The molecule has 0 aliphatic rings. The third-order valence-corrected chi connectivity index (χ3v) is 3.45. The van der Waals surface area contributed by atoms with E-state index in [4.69, 9.17) is 5.73 Å². The molecule has 1 rings (SSSR count).